The van der Waals surface area contributed by atoms with Gasteiger partial charge in [0.2, 0.25) is 0 Å². The molecule has 12 heavy (non-hydrogen) atoms. The van der Waals surface area contributed by atoms with Crippen LogP contribution in [0.25, 0.3) is 0 Å². The molecule has 0 fully saturated rings. The SMILES string of the molecule is Cc1ccc([C@H](O)[C@@H](C)O)cc1. The molecular formula is C10H14O2. The van der Waals surface area contributed by atoms with Gasteiger partial charge in [-0.15, -0.1) is 0 Å². The zero-order valence-corrected chi connectivity index (χ0v) is 7.36. The number of aliphatic hydroxyl groups excluding tert-OH is 2. The zero-order valence-electron chi connectivity index (χ0n) is 7.36. The normalized spacial score (nSPS) is 15.7. The Balaban J connectivity index is 2.82. The zero-order chi connectivity index (χ0) is 9.14. The van der Waals surface area contributed by atoms with Crippen molar-refractivity contribution >= 4 is 0 Å². The van der Waals surface area contributed by atoms with E-state index in [9.17, 15) is 5.11 Å². The molecule has 2 atom stereocenters. The number of hydrogen-bond donors (Lipinski definition) is 2. The first-order valence-electron chi connectivity index (χ1n) is 4.04. The molecule has 0 saturated carbocycles. The molecular weight excluding hydrogens is 152 g/mol. The summed E-state index contributed by atoms with van der Waals surface area (Å²) in [4.78, 5) is 0. The predicted molar refractivity (Wildman–Crippen MR) is 47.8 cm³/mol. The van der Waals surface area contributed by atoms with Gasteiger partial charge in [0.1, 0.15) is 6.10 Å². The topological polar surface area (TPSA) is 40.5 Å². The molecule has 0 aliphatic rings. The summed E-state index contributed by atoms with van der Waals surface area (Å²) in [5, 5.41) is 18.5. The Hall–Kier alpha value is -0.860. The van der Waals surface area contributed by atoms with E-state index in [0.717, 1.165) is 11.1 Å². The first-order chi connectivity index (χ1) is 5.61. The average Bonchev–Trinajstić information content (AvgIpc) is 2.04. The molecule has 1 aromatic carbocycles. The van der Waals surface area contributed by atoms with Gasteiger partial charge in [0, 0.05) is 0 Å². The Bertz CT molecular complexity index is 239. The van der Waals surface area contributed by atoms with Crippen LogP contribution in [0.15, 0.2) is 24.3 Å². The fraction of sp³-hybridized carbons (Fsp3) is 0.400. The summed E-state index contributed by atoms with van der Waals surface area (Å²) in [6.07, 6.45) is -1.49. The van der Waals surface area contributed by atoms with Gasteiger partial charge in [-0.2, -0.15) is 0 Å². The van der Waals surface area contributed by atoms with Crippen LogP contribution in [0.1, 0.15) is 24.2 Å². The second kappa shape index (κ2) is 3.70. The van der Waals surface area contributed by atoms with Crippen molar-refractivity contribution in [1.29, 1.82) is 0 Å². The Morgan fingerprint density at radius 1 is 1.08 bits per heavy atom. The Kier molecular flexibility index (Phi) is 2.84. The maximum Gasteiger partial charge on any atom is 0.105 e. The predicted octanol–water partition coefficient (Wildman–Crippen LogP) is 1.41. The minimum atomic E-state index is -0.773. The molecule has 0 unspecified atom stereocenters. The van der Waals surface area contributed by atoms with E-state index in [-0.39, 0.29) is 0 Å². The van der Waals surface area contributed by atoms with Gasteiger partial charge >= 0.3 is 0 Å². The molecule has 0 radical (unpaired) electrons. The molecule has 0 amide bonds. The molecule has 0 aromatic heterocycles. The van der Waals surface area contributed by atoms with E-state index in [1.807, 2.05) is 31.2 Å². The summed E-state index contributed by atoms with van der Waals surface area (Å²) in [5.41, 5.74) is 1.91. The van der Waals surface area contributed by atoms with E-state index >= 15 is 0 Å². The standard InChI is InChI=1S/C10H14O2/c1-7-3-5-9(6-4-7)10(12)8(2)11/h3-6,8,10-12H,1-2H3/t8-,10-/m1/s1. The maximum atomic E-state index is 9.44. The monoisotopic (exact) mass is 166 g/mol. The van der Waals surface area contributed by atoms with Crippen LogP contribution in [0.3, 0.4) is 0 Å². The van der Waals surface area contributed by atoms with E-state index < -0.39 is 12.2 Å². The Morgan fingerprint density at radius 2 is 1.58 bits per heavy atom. The van der Waals surface area contributed by atoms with E-state index in [2.05, 4.69) is 0 Å². The fourth-order valence-electron chi connectivity index (χ4n) is 1.04. The van der Waals surface area contributed by atoms with Gasteiger partial charge in [-0.05, 0) is 19.4 Å². The summed E-state index contributed by atoms with van der Waals surface area (Å²) in [6, 6.07) is 7.49. The molecule has 1 aromatic rings. The molecule has 2 heteroatoms. The third-order valence-electron chi connectivity index (χ3n) is 1.88. The summed E-state index contributed by atoms with van der Waals surface area (Å²) >= 11 is 0. The van der Waals surface area contributed by atoms with Gasteiger partial charge in [0.25, 0.3) is 0 Å². The van der Waals surface area contributed by atoms with Crippen molar-refractivity contribution in [1.82, 2.24) is 0 Å². The summed E-state index contributed by atoms with van der Waals surface area (Å²) in [5.74, 6) is 0. The van der Waals surface area contributed by atoms with Gasteiger partial charge in [-0.25, -0.2) is 0 Å². The minimum Gasteiger partial charge on any atom is -0.390 e. The first kappa shape index (κ1) is 9.23. The van der Waals surface area contributed by atoms with Crippen LogP contribution in [-0.2, 0) is 0 Å². The van der Waals surface area contributed by atoms with Gasteiger partial charge in [0.05, 0.1) is 6.10 Å². The second-order valence-electron chi connectivity index (χ2n) is 3.10. The first-order valence-corrected chi connectivity index (χ1v) is 4.04. The summed E-state index contributed by atoms with van der Waals surface area (Å²) in [6.45, 7) is 3.56. The van der Waals surface area contributed by atoms with Crippen LogP contribution < -0.4 is 0 Å². The van der Waals surface area contributed by atoms with Gasteiger partial charge in [0.15, 0.2) is 0 Å². The van der Waals surface area contributed by atoms with Crippen molar-refractivity contribution in [3.63, 3.8) is 0 Å². The van der Waals surface area contributed by atoms with Crippen LogP contribution in [-0.4, -0.2) is 16.3 Å². The van der Waals surface area contributed by atoms with Crippen molar-refractivity contribution in [3.05, 3.63) is 35.4 Å². The lowest BCUT2D eigenvalue weighted by atomic mass is 10.0. The largest absolute Gasteiger partial charge is 0.390 e. The van der Waals surface area contributed by atoms with Crippen molar-refractivity contribution in [2.45, 2.75) is 26.1 Å². The molecule has 0 heterocycles. The number of aryl methyl sites for hydroxylation is 1. The Labute approximate surface area is 72.5 Å². The van der Waals surface area contributed by atoms with E-state index in [1.165, 1.54) is 0 Å². The van der Waals surface area contributed by atoms with Crippen molar-refractivity contribution in [2.24, 2.45) is 0 Å². The smallest absolute Gasteiger partial charge is 0.105 e. The summed E-state index contributed by atoms with van der Waals surface area (Å²) < 4.78 is 0. The number of benzene rings is 1. The molecule has 0 saturated heterocycles. The fourth-order valence-corrected chi connectivity index (χ4v) is 1.04. The third-order valence-corrected chi connectivity index (χ3v) is 1.88. The maximum absolute atomic E-state index is 9.44. The van der Waals surface area contributed by atoms with Crippen LogP contribution in [0.4, 0.5) is 0 Å². The van der Waals surface area contributed by atoms with Crippen LogP contribution >= 0.6 is 0 Å². The molecule has 2 nitrogen and oxygen atoms in total. The quantitative estimate of drug-likeness (QED) is 0.697. The van der Waals surface area contributed by atoms with Gasteiger partial charge in [-0.3, -0.25) is 0 Å². The highest BCUT2D eigenvalue weighted by Gasteiger charge is 2.12. The highest BCUT2D eigenvalue weighted by Crippen LogP contribution is 2.16. The molecule has 66 valence electrons. The molecule has 0 spiro atoms. The van der Waals surface area contributed by atoms with Gasteiger partial charge < -0.3 is 10.2 Å². The van der Waals surface area contributed by atoms with Crippen LogP contribution in [0.5, 0.6) is 0 Å². The third kappa shape index (κ3) is 2.06. The highest BCUT2D eigenvalue weighted by atomic mass is 16.3. The molecule has 2 N–H and O–H groups in total. The van der Waals surface area contributed by atoms with E-state index in [0.29, 0.717) is 0 Å². The number of aliphatic hydroxyl groups is 2. The van der Waals surface area contributed by atoms with Crippen molar-refractivity contribution in [3.8, 4) is 0 Å². The number of hydrogen-bond acceptors (Lipinski definition) is 2. The highest BCUT2D eigenvalue weighted by molar-refractivity contribution is 5.23. The van der Waals surface area contributed by atoms with Crippen LogP contribution in [0, 0.1) is 6.92 Å². The summed E-state index contributed by atoms with van der Waals surface area (Å²) in [7, 11) is 0. The molecule has 0 aliphatic heterocycles. The average molecular weight is 166 g/mol. The van der Waals surface area contributed by atoms with Crippen LogP contribution in [0.2, 0.25) is 0 Å². The lowest BCUT2D eigenvalue weighted by Crippen LogP contribution is -2.13. The molecule has 0 aliphatic carbocycles. The Morgan fingerprint density at radius 3 is 2.00 bits per heavy atom. The van der Waals surface area contributed by atoms with Gasteiger partial charge in [-0.1, -0.05) is 29.8 Å². The lowest BCUT2D eigenvalue weighted by molar-refractivity contribution is 0.0305. The lowest BCUT2D eigenvalue weighted by Gasteiger charge is -2.13. The van der Waals surface area contributed by atoms with Crippen molar-refractivity contribution in [2.75, 3.05) is 0 Å². The van der Waals surface area contributed by atoms with E-state index in [4.69, 9.17) is 5.11 Å². The minimum absolute atomic E-state index is 0.715. The molecule has 1 rings (SSSR count). The molecule has 0 bridgehead atoms. The van der Waals surface area contributed by atoms with Crippen molar-refractivity contribution < 1.29 is 10.2 Å². The number of rotatable bonds is 2. The van der Waals surface area contributed by atoms with E-state index in [1.54, 1.807) is 6.92 Å². The second-order valence-corrected chi connectivity index (χ2v) is 3.10.